The summed E-state index contributed by atoms with van der Waals surface area (Å²) < 4.78 is 11.8. The zero-order chi connectivity index (χ0) is 30.6. The maximum Gasteiger partial charge on any atom is 0.323 e. The molecule has 0 bridgehead atoms. The number of fused-ring (bicyclic) bond motifs is 1. The van der Waals surface area contributed by atoms with Crippen LogP contribution in [0, 0.1) is 0 Å². The number of methoxy groups -OCH3 is 1. The molecule has 1 saturated heterocycles. The van der Waals surface area contributed by atoms with Gasteiger partial charge in [0.15, 0.2) is 11.5 Å². The third-order valence-corrected chi connectivity index (χ3v) is 7.63. The van der Waals surface area contributed by atoms with E-state index in [9.17, 15) is 4.79 Å². The van der Waals surface area contributed by atoms with Gasteiger partial charge in [0.1, 0.15) is 12.1 Å². The number of aromatic nitrogens is 2. The number of β-amino-alcohol motifs (C(OH)–C–C–N with tert-alkyl or cyclic N) is 1. The summed E-state index contributed by atoms with van der Waals surface area (Å²) >= 11 is 0. The molecule has 4 N–H and O–H groups in total. The van der Waals surface area contributed by atoms with Crippen molar-refractivity contribution >= 4 is 34.1 Å². The van der Waals surface area contributed by atoms with Crippen LogP contribution in [0.25, 0.3) is 10.9 Å². The molecule has 232 valence electrons. The summed E-state index contributed by atoms with van der Waals surface area (Å²) in [5.74, 6) is 2.05. The number of carbonyl (C=O) groups excluding carboxylic acids is 1. The molecule has 44 heavy (non-hydrogen) atoms. The SMILES string of the molecule is COc1cc2c(NCCc3ccc(NC(=O)Nc4ccccc4)cc3)ncnc2cc1OCCCN1CCN(CCO)CC1. The van der Waals surface area contributed by atoms with Crippen LogP contribution in [0.15, 0.2) is 73.1 Å². The topological polar surface area (TPSA) is 124 Å². The third-order valence-electron chi connectivity index (χ3n) is 7.63. The lowest BCUT2D eigenvalue weighted by molar-refractivity contribution is 0.108. The van der Waals surface area contributed by atoms with Crippen LogP contribution in [-0.2, 0) is 6.42 Å². The Morgan fingerprint density at radius 3 is 2.30 bits per heavy atom. The number of urea groups is 1. The van der Waals surface area contributed by atoms with Gasteiger partial charge in [-0.15, -0.1) is 0 Å². The van der Waals surface area contributed by atoms with Crippen molar-refractivity contribution in [1.82, 2.24) is 19.8 Å². The highest BCUT2D eigenvalue weighted by molar-refractivity contribution is 5.99. The van der Waals surface area contributed by atoms with Crippen LogP contribution in [-0.4, -0.2) is 97.0 Å². The van der Waals surface area contributed by atoms with E-state index < -0.39 is 0 Å². The molecule has 1 aliphatic rings. The Hall–Kier alpha value is -4.45. The number of nitrogens with zero attached hydrogens (tertiary/aromatic N) is 4. The molecule has 11 nitrogen and oxygen atoms in total. The standard InChI is InChI=1S/C33H41N7O4/c1-43-30-22-28-29(23-31(30)44-21-5-14-39-15-17-40(18-16-39)19-20-41)35-24-36-32(28)34-13-12-25-8-10-27(11-9-25)38-33(42)37-26-6-3-2-4-7-26/h2-4,6-11,22-24,41H,5,12-21H2,1H3,(H,34,35,36)(H2,37,38,42). The van der Waals surface area contributed by atoms with E-state index in [1.165, 1.54) is 0 Å². The first-order valence-corrected chi connectivity index (χ1v) is 15.1. The number of benzene rings is 3. The average molecular weight is 600 g/mol. The van der Waals surface area contributed by atoms with E-state index in [4.69, 9.17) is 14.6 Å². The third kappa shape index (κ3) is 8.79. The number of piperazine rings is 1. The Bertz CT molecular complexity index is 1480. The lowest BCUT2D eigenvalue weighted by Gasteiger charge is -2.34. The van der Waals surface area contributed by atoms with Crippen LogP contribution in [0.3, 0.4) is 0 Å². The normalized spacial score (nSPS) is 13.9. The number of hydrogen-bond acceptors (Lipinski definition) is 9. The number of nitrogens with one attached hydrogen (secondary N) is 3. The highest BCUT2D eigenvalue weighted by atomic mass is 16.5. The molecule has 2 heterocycles. The number of hydrogen-bond donors (Lipinski definition) is 4. The van der Waals surface area contributed by atoms with Gasteiger partial charge in [-0.1, -0.05) is 30.3 Å². The molecule has 0 radical (unpaired) electrons. The number of amides is 2. The summed E-state index contributed by atoms with van der Waals surface area (Å²) in [5, 5.41) is 19.1. The highest BCUT2D eigenvalue weighted by Crippen LogP contribution is 2.34. The van der Waals surface area contributed by atoms with Gasteiger partial charge in [-0.3, -0.25) is 4.90 Å². The first kappa shape index (κ1) is 31.0. The van der Waals surface area contributed by atoms with Gasteiger partial charge in [-0.25, -0.2) is 14.8 Å². The minimum atomic E-state index is -0.283. The maximum atomic E-state index is 12.3. The number of rotatable bonds is 14. The second-order valence-electron chi connectivity index (χ2n) is 10.7. The molecule has 0 spiro atoms. The van der Waals surface area contributed by atoms with Gasteiger partial charge in [-0.2, -0.15) is 0 Å². The van der Waals surface area contributed by atoms with Gasteiger partial charge in [0.05, 0.1) is 25.8 Å². The molecule has 2 amide bonds. The van der Waals surface area contributed by atoms with Crippen LogP contribution < -0.4 is 25.4 Å². The summed E-state index contributed by atoms with van der Waals surface area (Å²) in [4.78, 5) is 25.9. The second kappa shape index (κ2) is 15.9. The van der Waals surface area contributed by atoms with E-state index in [1.807, 2.05) is 66.7 Å². The van der Waals surface area contributed by atoms with Crippen LogP contribution in [0.2, 0.25) is 0 Å². The van der Waals surface area contributed by atoms with Crippen molar-refractivity contribution in [3.8, 4) is 11.5 Å². The molecule has 5 rings (SSSR count). The summed E-state index contributed by atoms with van der Waals surface area (Å²) in [5.41, 5.74) is 3.37. The van der Waals surface area contributed by atoms with Crippen molar-refractivity contribution in [2.75, 3.05) is 82.1 Å². The molecular weight excluding hydrogens is 558 g/mol. The lowest BCUT2D eigenvalue weighted by Crippen LogP contribution is -2.47. The molecule has 11 heteroatoms. The largest absolute Gasteiger partial charge is 0.493 e. The van der Waals surface area contributed by atoms with E-state index in [-0.39, 0.29) is 12.6 Å². The van der Waals surface area contributed by atoms with Crippen LogP contribution in [0.1, 0.15) is 12.0 Å². The fourth-order valence-electron chi connectivity index (χ4n) is 5.22. The van der Waals surface area contributed by atoms with E-state index in [0.29, 0.717) is 24.7 Å². The summed E-state index contributed by atoms with van der Waals surface area (Å²) in [6, 6.07) is 20.7. The van der Waals surface area contributed by atoms with Gasteiger partial charge >= 0.3 is 6.03 Å². The molecule has 0 atom stereocenters. The molecule has 1 fully saturated rings. The number of aliphatic hydroxyl groups excluding tert-OH is 1. The van der Waals surface area contributed by atoms with Crippen molar-refractivity contribution in [3.05, 3.63) is 78.6 Å². The van der Waals surface area contributed by atoms with E-state index in [2.05, 4.69) is 35.7 Å². The molecule has 0 aliphatic carbocycles. The number of aliphatic hydroxyl groups is 1. The first-order chi connectivity index (χ1) is 21.6. The number of para-hydroxylation sites is 1. The first-order valence-electron chi connectivity index (χ1n) is 15.1. The van der Waals surface area contributed by atoms with Gasteiger partial charge in [0, 0.05) is 68.6 Å². The van der Waals surface area contributed by atoms with Gasteiger partial charge in [0.25, 0.3) is 0 Å². The van der Waals surface area contributed by atoms with E-state index in [0.717, 1.165) is 85.8 Å². The highest BCUT2D eigenvalue weighted by Gasteiger charge is 2.16. The second-order valence-corrected chi connectivity index (χ2v) is 10.7. The minimum absolute atomic E-state index is 0.218. The zero-order valence-electron chi connectivity index (χ0n) is 25.2. The quantitative estimate of drug-likeness (QED) is 0.157. The van der Waals surface area contributed by atoms with Crippen molar-refractivity contribution in [3.63, 3.8) is 0 Å². The number of anilines is 3. The number of carbonyl (C=O) groups is 1. The van der Waals surface area contributed by atoms with E-state index in [1.54, 1.807) is 13.4 Å². The lowest BCUT2D eigenvalue weighted by atomic mass is 10.1. The molecular formula is C33H41N7O4. The zero-order valence-corrected chi connectivity index (χ0v) is 25.2. The van der Waals surface area contributed by atoms with Crippen molar-refractivity contribution in [1.29, 1.82) is 0 Å². The van der Waals surface area contributed by atoms with Gasteiger partial charge in [-0.05, 0) is 48.7 Å². The molecule has 0 saturated carbocycles. The Labute approximate surface area is 258 Å². The van der Waals surface area contributed by atoms with Crippen molar-refractivity contribution in [2.24, 2.45) is 0 Å². The van der Waals surface area contributed by atoms with E-state index >= 15 is 0 Å². The fraction of sp³-hybridized carbons (Fsp3) is 0.364. The van der Waals surface area contributed by atoms with Crippen LogP contribution >= 0.6 is 0 Å². The summed E-state index contributed by atoms with van der Waals surface area (Å²) in [6.45, 7) is 7.22. The molecule has 1 aromatic heterocycles. The van der Waals surface area contributed by atoms with Crippen LogP contribution in [0.4, 0.5) is 22.0 Å². The Morgan fingerprint density at radius 1 is 0.886 bits per heavy atom. The molecule has 0 unspecified atom stereocenters. The average Bonchev–Trinajstić information content (AvgIpc) is 3.05. The van der Waals surface area contributed by atoms with Gasteiger partial charge in [0.2, 0.25) is 0 Å². The van der Waals surface area contributed by atoms with Gasteiger partial charge < -0.3 is 35.4 Å². The smallest absolute Gasteiger partial charge is 0.323 e. The van der Waals surface area contributed by atoms with Crippen LogP contribution in [0.5, 0.6) is 11.5 Å². The molecule has 1 aliphatic heterocycles. The Morgan fingerprint density at radius 2 is 1.59 bits per heavy atom. The monoisotopic (exact) mass is 599 g/mol. The fourth-order valence-corrected chi connectivity index (χ4v) is 5.22. The summed E-state index contributed by atoms with van der Waals surface area (Å²) in [6.07, 6.45) is 3.24. The Kier molecular flexibility index (Phi) is 11.2. The molecule has 3 aromatic carbocycles. The Balaban J connectivity index is 1.10. The number of ether oxygens (including phenoxy) is 2. The van der Waals surface area contributed by atoms with Crippen molar-refractivity contribution in [2.45, 2.75) is 12.8 Å². The predicted molar refractivity (Wildman–Crippen MR) is 174 cm³/mol. The summed E-state index contributed by atoms with van der Waals surface area (Å²) in [7, 11) is 1.64. The molecule has 4 aromatic rings. The predicted octanol–water partition coefficient (Wildman–Crippen LogP) is 4.32. The van der Waals surface area contributed by atoms with Crippen molar-refractivity contribution < 1.29 is 19.4 Å². The maximum absolute atomic E-state index is 12.3. The minimum Gasteiger partial charge on any atom is -0.493 e.